The molecule has 20 heavy (non-hydrogen) atoms. The van der Waals surface area contributed by atoms with Gasteiger partial charge < -0.3 is 19.2 Å². The van der Waals surface area contributed by atoms with Crippen LogP contribution in [0.4, 0.5) is 0 Å². The molecule has 0 aliphatic heterocycles. The first-order chi connectivity index (χ1) is 9.48. The van der Waals surface area contributed by atoms with Crippen LogP contribution in [0.3, 0.4) is 0 Å². The van der Waals surface area contributed by atoms with Gasteiger partial charge in [-0.3, -0.25) is 4.57 Å². The van der Waals surface area contributed by atoms with E-state index >= 15 is 0 Å². The number of nitrogens with zero attached hydrogens (tertiary/aromatic N) is 1. The Kier molecular flexibility index (Phi) is 6.05. The van der Waals surface area contributed by atoms with Gasteiger partial charge in [-0.2, -0.15) is 0 Å². The third-order valence-corrected chi connectivity index (χ3v) is 4.71. The number of oxime groups is 1. The Morgan fingerprint density at radius 3 is 2.45 bits per heavy atom. The summed E-state index contributed by atoms with van der Waals surface area (Å²) < 4.78 is 27.8. The molecule has 1 atom stereocenters. The van der Waals surface area contributed by atoms with E-state index in [4.69, 9.17) is 19.2 Å². The first-order valence-electron chi connectivity index (χ1n) is 6.13. The highest BCUT2D eigenvalue weighted by molar-refractivity contribution is 7.75. The van der Waals surface area contributed by atoms with Crippen LogP contribution in [0.1, 0.15) is 12.5 Å². The molecule has 0 bridgehead atoms. The van der Waals surface area contributed by atoms with Gasteiger partial charge in [0.1, 0.15) is 5.45 Å². The fourth-order valence-corrected chi connectivity index (χ4v) is 3.03. The van der Waals surface area contributed by atoms with E-state index < -0.39 is 7.37 Å². The average Bonchev–Trinajstić information content (AvgIpc) is 2.44. The monoisotopic (exact) mass is 301 g/mol. The molecule has 0 radical (unpaired) electrons. The minimum Gasteiger partial charge on any atom is -0.493 e. The Morgan fingerprint density at radius 1 is 1.30 bits per heavy atom. The Balaban J connectivity index is 3.00. The zero-order valence-corrected chi connectivity index (χ0v) is 13.0. The van der Waals surface area contributed by atoms with Crippen LogP contribution < -0.4 is 9.47 Å². The highest BCUT2D eigenvalue weighted by Crippen LogP contribution is 2.45. The van der Waals surface area contributed by atoms with Gasteiger partial charge >= 0.3 is 0 Å². The lowest BCUT2D eigenvalue weighted by Gasteiger charge is -2.15. The fourth-order valence-electron chi connectivity index (χ4n) is 1.75. The van der Waals surface area contributed by atoms with Gasteiger partial charge in [0.25, 0.3) is 0 Å². The molecule has 0 saturated heterocycles. The predicted octanol–water partition coefficient (Wildman–Crippen LogP) is 2.98. The zero-order valence-electron chi connectivity index (χ0n) is 12.1. The smallest absolute Gasteiger partial charge is 0.246 e. The van der Waals surface area contributed by atoms with Gasteiger partial charge in [0, 0.05) is 13.1 Å². The van der Waals surface area contributed by atoms with Crippen molar-refractivity contribution in [3.8, 4) is 11.5 Å². The molecule has 1 unspecified atom stereocenters. The second-order valence-corrected chi connectivity index (χ2v) is 6.61. The van der Waals surface area contributed by atoms with Crippen LogP contribution >= 0.6 is 7.37 Å². The van der Waals surface area contributed by atoms with Crippen LogP contribution in [0.15, 0.2) is 23.4 Å². The molecule has 1 rings (SSSR count). The molecule has 0 spiro atoms. The lowest BCUT2D eigenvalue weighted by molar-refractivity contribution is 0.314. The highest BCUT2D eigenvalue weighted by Gasteiger charge is 2.25. The molecule has 112 valence electrons. The quantitative estimate of drug-likeness (QED) is 0.362. The number of benzene rings is 1. The van der Waals surface area contributed by atoms with Gasteiger partial charge in [-0.1, -0.05) is 11.2 Å². The molecule has 0 aliphatic carbocycles. The van der Waals surface area contributed by atoms with E-state index in [2.05, 4.69) is 5.16 Å². The van der Waals surface area contributed by atoms with Crippen molar-refractivity contribution in [1.82, 2.24) is 0 Å². The van der Waals surface area contributed by atoms with Crippen LogP contribution in [-0.4, -0.2) is 38.2 Å². The van der Waals surface area contributed by atoms with E-state index in [9.17, 15) is 4.57 Å². The van der Waals surface area contributed by atoms with Crippen LogP contribution in [-0.2, 0) is 15.5 Å². The maximum Gasteiger partial charge on any atom is 0.246 e. The third kappa shape index (κ3) is 3.99. The normalized spacial score (nSPS) is 14.7. The molecule has 0 fully saturated rings. The second-order valence-electron chi connectivity index (χ2n) is 4.15. The molecule has 1 aromatic rings. The van der Waals surface area contributed by atoms with Crippen molar-refractivity contribution in [2.45, 2.75) is 13.3 Å². The summed E-state index contributed by atoms with van der Waals surface area (Å²) in [6, 6.07) is 5.28. The maximum absolute atomic E-state index is 12.3. The molecular weight excluding hydrogens is 281 g/mol. The number of hydrogen-bond acceptors (Lipinski definition) is 6. The fraction of sp³-hybridized carbons (Fsp3) is 0.462. The van der Waals surface area contributed by atoms with Crippen LogP contribution in [0.5, 0.6) is 11.5 Å². The second kappa shape index (κ2) is 7.31. The number of hydrogen-bond donors (Lipinski definition) is 1. The Hall–Kier alpha value is -1.52. The topological polar surface area (TPSA) is 77.4 Å². The highest BCUT2D eigenvalue weighted by atomic mass is 31.2. The Labute approximate surface area is 118 Å². The molecule has 0 amide bonds. The summed E-state index contributed by atoms with van der Waals surface area (Å²) in [4.78, 5) is 0. The first kappa shape index (κ1) is 16.5. The van der Waals surface area contributed by atoms with E-state index in [1.165, 1.54) is 13.8 Å². The van der Waals surface area contributed by atoms with Crippen molar-refractivity contribution in [2.75, 3.05) is 27.5 Å². The number of rotatable bonds is 7. The summed E-state index contributed by atoms with van der Waals surface area (Å²) in [6.45, 7) is 3.46. The molecule has 1 N–H and O–H groups in total. The van der Waals surface area contributed by atoms with Crippen LogP contribution in [0.2, 0.25) is 0 Å². The minimum absolute atomic E-state index is 0.117. The predicted molar refractivity (Wildman–Crippen MR) is 77.6 cm³/mol. The van der Waals surface area contributed by atoms with E-state index in [0.717, 1.165) is 5.56 Å². The molecule has 7 heteroatoms. The summed E-state index contributed by atoms with van der Waals surface area (Å²) in [7, 11) is 0.00182. The van der Waals surface area contributed by atoms with Gasteiger partial charge in [-0.15, -0.1) is 0 Å². The largest absolute Gasteiger partial charge is 0.493 e. The summed E-state index contributed by atoms with van der Waals surface area (Å²) in [5.41, 5.74) is 0.906. The molecule has 0 aliphatic rings. The van der Waals surface area contributed by atoms with Gasteiger partial charge in [0.15, 0.2) is 11.5 Å². The lowest BCUT2D eigenvalue weighted by atomic mass is 10.1. The maximum atomic E-state index is 12.3. The standard InChI is InChI=1S/C13H20NO5P/c1-5-19-20(4,16)13(14-15)9-10-6-7-11(17-2)12(8-10)18-3/h6-8,15H,5,9H2,1-4H3/b14-13-. The summed E-state index contributed by atoms with van der Waals surface area (Å²) in [6.07, 6.45) is 0.213. The van der Waals surface area contributed by atoms with Gasteiger partial charge in [0.2, 0.25) is 7.37 Å². The van der Waals surface area contributed by atoms with Crippen molar-refractivity contribution in [3.05, 3.63) is 23.8 Å². The van der Waals surface area contributed by atoms with Crippen molar-refractivity contribution in [3.63, 3.8) is 0 Å². The van der Waals surface area contributed by atoms with Crippen LogP contribution in [0.25, 0.3) is 0 Å². The molecule has 6 nitrogen and oxygen atoms in total. The van der Waals surface area contributed by atoms with Crippen molar-refractivity contribution >= 4 is 12.8 Å². The first-order valence-corrected chi connectivity index (χ1v) is 8.20. The van der Waals surface area contributed by atoms with Gasteiger partial charge in [0.05, 0.1) is 20.8 Å². The molecular formula is C13H20NO5P. The Morgan fingerprint density at radius 2 is 1.95 bits per heavy atom. The van der Waals surface area contributed by atoms with E-state index in [1.54, 1.807) is 32.2 Å². The summed E-state index contributed by atoms with van der Waals surface area (Å²) >= 11 is 0. The van der Waals surface area contributed by atoms with Crippen molar-refractivity contribution < 1.29 is 23.8 Å². The van der Waals surface area contributed by atoms with E-state index in [1.807, 2.05) is 0 Å². The molecule has 0 aromatic heterocycles. The van der Waals surface area contributed by atoms with Crippen LogP contribution in [0, 0.1) is 0 Å². The van der Waals surface area contributed by atoms with Gasteiger partial charge in [-0.25, -0.2) is 0 Å². The third-order valence-electron chi connectivity index (χ3n) is 2.77. The SMILES string of the molecule is CCOP(C)(=O)/C(Cc1ccc(OC)c(OC)c1)=N\O. The zero-order chi connectivity index (χ0) is 15.2. The van der Waals surface area contributed by atoms with Crippen molar-refractivity contribution in [2.24, 2.45) is 5.16 Å². The summed E-state index contributed by atoms with van der Waals surface area (Å²) in [5, 5.41) is 12.2. The molecule has 1 aromatic carbocycles. The number of methoxy groups -OCH3 is 2. The van der Waals surface area contributed by atoms with E-state index in [0.29, 0.717) is 18.1 Å². The lowest BCUT2D eigenvalue weighted by Crippen LogP contribution is -2.07. The number of ether oxygens (including phenoxy) is 2. The minimum atomic E-state index is -3.08. The Bertz CT molecular complexity index is 529. The van der Waals surface area contributed by atoms with Crippen molar-refractivity contribution in [1.29, 1.82) is 0 Å². The molecule has 0 heterocycles. The average molecular weight is 301 g/mol. The summed E-state index contributed by atoms with van der Waals surface area (Å²) in [5.74, 6) is 1.16. The van der Waals surface area contributed by atoms with Gasteiger partial charge in [-0.05, 0) is 24.6 Å². The molecule has 0 saturated carbocycles. The van der Waals surface area contributed by atoms with E-state index in [-0.39, 0.29) is 11.9 Å².